The zero-order valence-electron chi connectivity index (χ0n) is 10.7. The molecule has 3 rings (SSSR count). The van der Waals surface area contributed by atoms with E-state index >= 15 is 0 Å². The number of hydrogen-bond acceptors (Lipinski definition) is 7. The lowest BCUT2D eigenvalue weighted by Crippen LogP contribution is -2.13. The molecule has 2 aromatic heterocycles. The first kappa shape index (κ1) is 13.2. The highest BCUT2D eigenvalue weighted by molar-refractivity contribution is 6.28. The van der Waals surface area contributed by atoms with Gasteiger partial charge < -0.3 is 10.1 Å². The van der Waals surface area contributed by atoms with E-state index in [0.717, 1.165) is 32.6 Å². The molecule has 0 amide bonds. The van der Waals surface area contributed by atoms with E-state index in [0.29, 0.717) is 17.8 Å². The Morgan fingerprint density at radius 1 is 1.40 bits per heavy atom. The largest absolute Gasteiger partial charge is 0.381 e. The second-order valence-corrected chi connectivity index (χ2v) is 4.85. The van der Waals surface area contributed by atoms with Crippen molar-refractivity contribution in [3.8, 4) is 5.95 Å². The molecule has 0 spiro atoms. The summed E-state index contributed by atoms with van der Waals surface area (Å²) in [5.74, 6) is 1.39. The number of anilines is 1. The van der Waals surface area contributed by atoms with Gasteiger partial charge in [0.1, 0.15) is 12.7 Å². The summed E-state index contributed by atoms with van der Waals surface area (Å²) < 4.78 is 6.77. The summed E-state index contributed by atoms with van der Waals surface area (Å²) in [5, 5.41) is 7.24. The predicted molar refractivity (Wildman–Crippen MR) is 71.8 cm³/mol. The summed E-state index contributed by atoms with van der Waals surface area (Å²) in [6, 6.07) is 0. The molecule has 0 radical (unpaired) electrons. The summed E-state index contributed by atoms with van der Waals surface area (Å²) in [5.41, 5.74) is 0. The summed E-state index contributed by atoms with van der Waals surface area (Å²) >= 11 is 5.89. The van der Waals surface area contributed by atoms with Crippen LogP contribution in [0.25, 0.3) is 5.95 Å². The van der Waals surface area contributed by atoms with E-state index in [4.69, 9.17) is 16.3 Å². The topological polar surface area (TPSA) is 90.6 Å². The number of halogens is 1. The van der Waals surface area contributed by atoms with Crippen molar-refractivity contribution in [1.29, 1.82) is 0 Å². The molecule has 1 atom stereocenters. The third-order valence-electron chi connectivity index (χ3n) is 3.08. The van der Waals surface area contributed by atoms with Crippen LogP contribution in [0.2, 0.25) is 5.28 Å². The molecule has 0 aromatic carbocycles. The summed E-state index contributed by atoms with van der Waals surface area (Å²) in [4.78, 5) is 16.2. The maximum Gasteiger partial charge on any atom is 0.258 e. The third kappa shape index (κ3) is 3.20. The van der Waals surface area contributed by atoms with Crippen LogP contribution in [-0.2, 0) is 4.74 Å². The fraction of sp³-hybridized carbons (Fsp3) is 0.545. The van der Waals surface area contributed by atoms with Gasteiger partial charge in [-0.15, -0.1) is 0 Å². The van der Waals surface area contributed by atoms with Gasteiger partial charge in [-0.05, 0) is 30.4 Å². The second kappa shape index (κ2) is 6.10. The number of ether oxygens (including phenoxy) is 1. The standard InChI is InChI=1S/C11H14ClN7O/c12-9-16-10(14-3-1-8-2-4-20-5-8)18-11(17-9)19-7-13-6-15-19/h6-8H,1-5H2,(H,14,16,17,18). The van der Waals surface area contributed by atoms with Crippen LogP contribution in [0, 0.1) is 5.92 Å². The Morgan fingerprint density at radius 3 is 3.10 bits per heavy atom. The molecule has 2 aromatic rings. The number of nitrogens with one attached hydrogen (secondary N) is 1. The third-order valence-corrected chi connectivity index (χ3v) is 3.25. The molecule has 20 heavy (non-hydrogen) atoms. The van der Waals surface area contributed by atoms with Crippen LogP contribution in [-0.4, -0.2) is 49.5 Å². The zero-order valence-corrected chi connectivity index (χ0v) is 11.5. The fourth-order valence-corrected chi connectivity index (χ4v) is 2.19. The zero-order chi connectivity index (χ0) is 13.8. The van der Waals surface area contributed by atoms with Crippen LogP contribution in [0.3, 0.4) is 0 Å². The van der Waals surface area contributed by atoms with Crippen molar-refractivity contribution < 1.29 is 4.74 Å². The lowest BCUT2D eigenvalue weighted by molar-refractivity contribution is 0.185. The van der Waals surface area contributed by atoms with E-state index in [9.17, 15) is 0 Å². The fourth-order valence-electron chi connectivity index (χ4n) is 2.03. The second-order valence-electron chi connectivity index (χ2n) is 4.51. The molecule has 9 heteroatoms. The van der Waals surface area contributed by atoms with Gasteiger partial charge in [-0.3, -0.25) is 0 Å². The van der Waals surface area contributed by atoms with Crippen molar-refractivity contribution >= 4 is 17.5 Å². The Labute approximate surface area is 120 Å². The monoisotopic (exact) mass is 295 g/mol. The van der Waals surface area contributed by atoms with Crippen LogP contribution < -0.4 is 5.32 Å². The number of nitrogens with zero attached hydrogens (tertiary/aromatic N) is 6. The highest BCUT2D eigenvalue weighted by atomic mass is 35.5. The van der Waals surface area contributed by atoms with Crippen LogP contribution in [0.15, 0.2) is 12.7 Å². The average molecular weight is 296 g/mol. The first-order valence-corrected chi connectivity index (χ1v) is 6.77. The van der Waals surface area contributed by atoms with Crippen LogP contribution in [0.4, 0.5) is 5.95 Å². The molecule has 1 fully saturated rings. The van der Waals surface area contributed by atoms with Gasteiger partial charge in [-0.1, -0.05) is 0 Å². The molecule has 1 saturated heterocycles. The van der Waals surface area contributed by atoms with Gasteiger partial charge in [0.25, 0.3) is 5.95 Å². The molecule has 0 bridgehead atoms. The van der Waals surface area contributed by atoms with E-state index in [1.807, 2.05) is 0 Å². The molecular weight excluding hydrogens is 282 g/mol. The lowest BCUT2D eigenvalue weighted by atomic mass is 10.1. The number of hydrogen-bond donors (Lipinski definition) is 1. The van der Waals surface area contributed by atoms with E-state index in [1.54, 1.807) is 0 Å². The quantitative estimate of drug-likeness (QED) is 0.878. The van der Waals surface area contributed by atoms with Gasteiger partial charge in [0.15, 0.2) is 0 Å². The first-order chi connectivity index (χ1) is 9.81. The molecule has 1 unspecified atom stereocenters. The molecule has 106 valence electrons. The van der Waals surface area contributed by atoms with Gasteiger partial charge in [0.2, 0.25) is 11.2 Å². The normalized spacial score (nSPS) is 18.4. The Morgan fingerprint density at radius 2 is 2.35 bits per heavy atom. The maximum atomic E-state index is 5.89. The van der Waals surface area contributed by atoms with E-state index in [-0.39, 0.29) is 5.28 Å². The molecule has 0 aliphatic carbocycles. The van der Waals surface area contributed by atoms with Crippen LogP contribution in [0.1, 0.15) is 12.8 Å². The Bertz CT molecular complexity index is 556. The minimum Gasteiger partial charge on any atom is -0.381 e. The van der Waals surface area contributed by atoms with E-state index in [2.05, 4.69) is 30.4 Å². The molecular formula is C11H14ClN7O. The van der Waals surface area contributed by atoms with Crippen molar-refractivity contribution in [2.75, 3.05) is 25.1 Å². The van der Waals surface area contributed by atoms with Crippen molar-refractivity contribution in [1.82, 2.24) is 29.7 Å². The predicted octanol–water partition coefficient (Wildman–Crippen LogP) is 0.944. The minimum atomic E-state index is 0.122. The summed E-state index contributed by atoms with van der Waals surface area (Å²) in [6.07, 6.45) is 5.04. The molecule has 3 heterocycles. The average Bonchev–Trinajstić information content (AvgIpc) is 3.11. The lowest BCUT2D eigenvalue weighted by Gasteiger charge is -2.09. The molecule has 0 saturated carbocycles. The Kier molecular flexibility index (Phi) is 4.03. The maximum absolute atomic E-state index is 5.89. The highest BCUT2D eigenvalue weighted by Gasteiger charge is 2.15. The van der Waals surface area contributed by atoms with Gasteiger partial charge in [0, 0.05) is 19.8 Å². The van der Waals surface area contributed by atoms with Crippen molar-refractivity contribution in [2.45, 2.75) is 12.8 Å². The van der Waals surface area contributed by atoms with Gasteiger partial charge >= 0.3 is 0 Å². The van der Waals surface area contributed by atoms with Crippen molar-refractivity contribution in [3.05, 3.63) is 17.9 Å². The van der Waals surface area contributed by atoms with Crippen LogP contribution >= 0.6 is 11.6 Å². The first-order valence-electron chi connectivity index (χ1n) is 6.39. The molecule has 1 aliphatic heterocycles. The van der Waals surface area contributed by atoms with Gasteiger partial charge in [0.05, 0.1) is 0 Å². The molecule has 1 N–H and O–H groups in total. The van der Waals surface area contributed by atoms with Crippen molar-refractivity contribution in [2.24, 2.45) is 5.92 Å². The van der Waals surface area contributed by atoms with Crippen LogP contribution in [0.5, 0.6) is 0 Å². The van der Waals surface area contributed by atoms with Gasteiger partial charge in [-0.25, -0.2) is 4.98 Å². The Balaban J connectivity index is 1.63. The molecule has 8 nitrogen and oxygen atoms in total. The van der Waals surface area contributed by atoms with E-state index in [1.165, 1.54) is 17.3 Å². The van der Waals surface area contributed by atoms with Gasteiger partial charge in [-0.2, -0.15) is 24.7 Å². The van der Waals surface area contributed by atoms with E-state index < -0.39 is 0 Å². The summed E-state index contributed by atoms with van der Waals surface area (Å²) in [6.45, 7) is 2.47. The number of aromatic nitrogens is 6. The minimum absolute atomic E-state index is 0.122. The molecule has 1 aliphatic rings. The highest BCUT2D eigenvalue weighted by Crippen LogP contribution is 2.16. The number of rotatable bonds is 5. The smallest absolute Gasteiger partial charge is 0.258 e. The van der Waals surface area contributed by atoms with Crippen molar-refractivity contribution in [3.63, 3.8) is 0 Å². The Hall–Kier alpha value is -1.80. The SMILES string of the molecule is Clc1nc(NCCC2CCOC2)nc(-n2cncn2)n1. The summed E-state index contributed by atoms with van der Waals surface area (Å²) in [7, 11) is 0.